The summed E-state index contributed by atoms with van der Waals surface area (Å²) in [5.41, 5.74) is -0.0479. The predicted molar refractivity (Wildman–Crippen MR) is 71.4 cm³/mol. The van der Waals surface area contributed by atoms with Gasteiger partial charge in [0, 0.05) is 18.2 Å². The maximum Gasteiger partial charge on any atom is 0.419 e. The maximum atomic E-state index is 13.3. The molecule has 21 heavy (non-hydrogen) atoms. The molecule has 2 rings (SSSR count). The third kappa shape index (κ3) is 2.96. The van der Waals surface area contributed by atoms with Crippen molar-refractivity contribution in [2.24, 2.45) is 0 Å². The third-order valence-corrected chi connectivity index (χ3v) is 3.08. The molecule has 0 spiro atoms. The molecule has 0 aliphatic rings. The molecule has 0 aliphatic heterocycles. The number of alkyl halides is 3. The first-order valence-electron chi connectivity index (χ1n) is 6.27. The van der Waals surface area contributed by atoms with Crippen LogP contribution in [0, 0.1) is 5.82 Å². The first kappa shape index (κ1) is 15.2. The Hall–Kier alpha value is -2.18. The van der Waals surface area contributed by atoms with E-state index >= 15 is 0 Å². The Kier molecular flexibility index (Phi) is 4.11. The van der Waals surface area contributed by atoms with Crippen LogP contribution < -0.4 is 5.32 Å². The average Bonchev–Trinajstić information content (AvgIpc) is 2.45. The van der Waals surface area contributed by atoms with Crippen molar-refractivity contribution in [2.75, 3.05) is 12.4 Å². The molecule has 1 aromatic heterocycles. The van der Waals surface area contributed by atoms with Crippen molar-refractivity contribution in [3.05, 3.63) is 41.5 Å². The van der Waals surface area contributed by atoms with Gasteiger partial charge in [0.05, 0.1) is 11.3 Å². The lowest BCUT2D eigenvalue weighted by Crippen LogP contribution is -2.09. The Labute approximate surface area is 119 Å². The van der Waals surface area contributed by atoms with Gasteiger partial charge in [0.15, 0.2) is 0 Å². The predicted octanol–water partition coefficient (Wildman–Crippen LogP) is 3.91. The lowest BCUT2D eigenvalue weighted by Gasteiger charge is -2.13. The van der Waals surface area contributed by atoms with Crippen LogP contribution in [0.5, 0.6) is 0 Å². The van der Waals surface area contributed by atoms with E-state index in [1.807, 2.05) is 6.92 Å². The van der Waals surface area contributed by atoms with Gasteiger partial charge in [0.1, 0.15) is 18.0 Å². The highest BCUT2D eigenvalue weighted by Crippen LogP contribution is 2.35. The molecule has 0 radical (unpaired) electrons. The van der Waals surface area contributed by atoms with Gasteiger partial charge in [-0.25, -0.2) is 14.4 Å². The van der Waals surface area contributed by atoms with E-state index in [1.54, 1.807) is 7.05 Å². The van der Waals surface area contributed by atoms with Crippen LogP contribution in [0.1, 0.15) is 18.1 Å². The van der Waals surface area contributed by atoms with Crippen molar-refractivity contribution in [1.82, 2.24) is 9.97 Å². The van der Waals surface area contributed by atoms with Gasteiger partial charge >= 0.3 is 6.18 Å². The fourth-order valence-corrected chi connectivity index (χ4v) is 2.10. The van der Waals surface area contributed by atoms with Gasteiger partial charge in [-0.1, -0.05) is 6.92 Å². The molecule has 0 aliphatic carbocycles. The van der Waals surface area contributed by atoms with Crippen LogP contribution in [0.15, 0.2) is 24.5 Å². The smallest absolute Gasteiger partial charge is 0.373 e. The van der Waals surface area contributed by atoms with Crippen molar-refractivity contribution < 1.29 is 17.6 Å². The van der Waals surface area contributed by atoms with Crippen molar-refractivity contribution >= 4 is 5.82 Å². The summed E-state index contributed by atoms with van der Waals surface area (Å²) in [6, 6.07) is 2.86. The molecule has 0 bridgehead atoms. The summed E-state index contributed by atoms with van der Waals surface area (Å²) in [7, 11) is 1.66. The number of nitrogens with zero attached hydrogens (tertiary/aromatic N) is 2. The van der Waals surface area contributed by atoms with Crippen molar-refractivity contribution in [2.45, 2.75) is 19.5 Å². The molecule has 2 aromatic rings. The molecule has 112 valence electrons. The number of hydrogen-bond donors (Lipinski definition) is 1. The van der Waals surface area contributed by atoms with Crippen molar-refractivity contribution in [3.63, 3.8) is 0 Å². The number of rotatable bonds is 3. The highest BCUT2D eigenvalue weighted by molar-refractivity contribution is 5.69. The zero-order valence-electron chi connectivity index (χ0n) is 11.4. The molecular formula is C14H13F4N3. The quantitative estimate of drug-likeness (QED) is 0.873. The second kappa shape index (κ2) is 5.67. The summed E-state index contributed by atoms with van der Waals surface area (Å²) in [6.07, 6.45) is -2.95. The summed E-state index contributed by atoms with van der Waals surface area (Å²) in [6.45, 7) is 1.84. The summed E-state index contributed by atoms with van der Waals surface area (Å²) >= 11 is 0. The van der Waals surface area contributed by atoms with Gasteiger partial charge in [-0.15, -0.1) is 0 Å². The molecule has 1 N–H and O–H groups in total. The Morgan fingerprint density at radius 2 is 1.90 bits per heavy atom. The highest BCUT2D eigenvalue weighted by Gasteiger charge is 2.34. The number of nitrogens with one attached hydrogen (secondary N) is 1. The molecule has 7 heteroatoms. The molecule has 0 unspecified atom stereocenters. The molecule has 0 fully saturated rings. The summed E-state index contributed by atoms with van der Waals surface area (Å²) in [4.78, 5) is 8.06. The largest absolute Gasteiger partial charge is 0.419 e. The lowest BCUT2D eigenvalue weighted by molar-refractivity contribution is -0.139. The fourth-order valence-electron chi connectivity index (χ4n) is 2.10. The Morgan fingerprint density at radius 1 is 1.19 bits per heavy atom. The molecule has 0 saturated carbocycles. The fraction of sp³-hybridized carbons (Fsp3) is 0.286. The van der Waals surface area contributed by atoms with E-state index in [1.165, 1.54) is 12.4 Å². The van der Waals surface area contributed by atoms with Crippen LogP contribution in [-0.2, 0) is 12.6 Å². The molecule has 0 saturated heterocycles. The zero-order chi connectivity index (χ0) is 15.6. The number of benzene rings is 1. The lowest BCUT2D eigenvalue weighted by atomic mass is 10.0. The summed E-state index contributed by atoms with van der Waals surface area (Å²) in [5, 5.41) is 2.87. The van der Waals surface area contributed by atoms with Crippen LogP contribution in [0.4, 0.5) is 23.4 Å². The monoisotopic (exact) mass is 299 g/mol. The average molecular weight is 299 g/mol. The highest BCUT2D eigenvalue weighted by atomic mass is 19.4. The second-order valence-electron chi connectivity index (χ2n) is 4.35. The van der Waals surface area contributed by atoms with E-state index in [0.29, 0.717) is 23.5 Å². The minimum Gasteiger partial charge on any atom is -0.373 e. The normalized spacial score (nSPS) is 11.5. The van der Waals surface area contributed by atoms with Gasteiger partial charge < -0.3 is 5.32 Å². The number of anilines is 1. The van der Waals surface area contributed by atoms with E-state index in [4.69, 9.17) is 0 Å². The molecule has 1 heterocycles. The van der Waals surface area contributed by atoms with Crippen molar-refractivity contribution in [1.29, 1.82) is 0 Å². The van der Waals surface area contributed by atoms with Crippen LogP contribution in [0.2, 0.25) is 0 Å². The number of halogens is 4. The maximum absolute atomic E-state index is 13.3. The van der Waals surface area contributed by atoms with Gasteiger partial charge in [0.25, 0.3) is 0 Å². The Balaban J connectivity index is 2.63. The summed E-state index contributed by atoms with van der Waals surface area (Å²) in [5.74, 6) is -0.757. The van der Waals surface area contributed by atoms with Gasteiger partial charge in [0.2, 0.25) is 0 Å². The number of hydrogen-bond acceptors (Lipinski definition) is 3. The Morgan fingerprint density at radius 3 is 2.48 bits per heavy atom. The van der Waals surface area contributed by atoms with Crippen molar-refractivity contribution in [3.8, 4) is 11.3 Å². The SMILES string of the molecule is CCc1c(NC)ncnc1-c1ccc(F)c(C(F)(F)F)c1. The van der Waals surface area contributed by atoms with Gasteiger partial charge in [-0.3, -0.25) is 0 Å². The first-order chi connectivity index (χ1) is 9.88. The van der Waals surface area contributed by atoms with E-state index in [2.05, 4.69) is 15.3 Å². The summed E-state index contributed by atoms with van der Waals surface area (Å²) < 4.78 is 51.7. The van der Waals surface area contributed by atoms with Crippen LogP contribution >= 0.6 is 0 Å². The molecule has 1 aromatic carbocycles. The van der Waals surface area contributed by atoms with Crippen LogP contribution in [0.25, 0.3) is 11.3 Å². The third-order valence-electron chi connectivity index (χ3n) is 3.08. The molecule has 0 atom stereocenters. The van der Waals surface area contributed by atoms with Gasteiger partial charge in [-0.2, -0.15) is 13.2 Å². The minimum absolute atomic E-state index is 0.208. The van der Waals surface area contributed by atoms with E-state index < -0.39 is 17.6 Å². The standard InChI is InChI=1S/C14H13F4N3/c1-3-9-12(20-7-21-13(9)19-2)8-4-5-11(15)10(6-8)14(16,17)18/h4-7H,3H2,1-2H3,(H,19,20,21). The second-order valence-corrected chi connectivity index (χ2v) is 4.35. The Bertz CT molecular complexity index is 653. The van der Waals surface area contributed by atoms with E-state index in [-0.39, 0.29) is 5.56 Å². The van der Waals surface area contributed by atoms with Crippen LogP contribution in [0.3, 0.4) is 0 Å². The molecule has 0 amide bonds. The molecule has 3 nitrogen and oxygen atoms in total. The van der Waals surface area contributed by atoms with Gasteiger partial charge in [-0.05, 0) is 24.6 Å². The topological polar surface area (TPSA) is 37.8 Å². The zero-order valence-corrected chi connectivity index (χ0v) is 11.4. The number of aromatic nitrogens is 2. The minimum atomic E-state index is -4.74. The van der Waals surface area contributed by atoms with E-state index in [9.17, 15) is 17.6 Å². The van der Waals surface area contributed by atoms with E-state index in [0.717, 1.165) is 12.1 Å². The molecular weight excluding hydrogens is 286 g/mol. The van der Waals surface area contributed by atoms with Crippen LogP contribution in [-0.4, -0.2) is 17.0 Å². The first-order valence-corrected chi connectivity index (χ1v) is 6.27.